The number of ether oxygens (including phenoxy) is 1. The first-order chi connectivity index (χ1) is 13.3. The molecule has 1 aromatic heterocycles. The van der Waals surface area contributed by atoms with Gasteiger partial charge in [-0.05, 0) is 44.5 Å². The van der Waals surface area contributed by atoms with Gasteiger partial charge < -0.3 is 10.1 Å². The van der Waals surface area contributed by atoms with Crippen molar-refractivity contribution in [3.05, 3.63) is 56.7 Å². The number of benzene rings is 1. The molecule has 1 unspecified atom stereocenters. The Labute approximate surface area is 174 Å². The summed E-state index contributed by atoms with van der Waals surface area (Å²) in [5.41, 5.74) is 0.637. The number of hydrogen-bond acceptors (Lipinski definition) is 5. The molecule has 0 saturated carbocycles. The lowest BCUT2D eigenvalue weighted by atomic mass is 10.0. The molecule has 0 bridgehead atoms. The fourth-order valence-corrected chi connectivity index (χ4v) is 3.78. The Hall–Kier alpha value is -2.18. The average Bonchev–Trinajstić information content (AvgIpc) is 3.05. The number of rotatable bonds is 9. The standard InChI is InChI=1S/C21H24ClNO4S/c1-13(2)27-21(26)12-17(15-6-4-5-7-16(15)22)23-20(25)11-9-18(24)19-10-8-14(3)28-19/h4-8,10,13,17H,9,11-12H2,1-3H3,(H,23,25). The molecule has 7 heteroatoms. The van der Waals surface area contributed by atoms with E-state index in [2.05, 4.69) is 5.32 Å². The minimum absolute atomic E-state index is 0.0360. The van der Waals surface area contributed by atoms with E-state index in [9.17, 15) is 14.4 Å². The number of esters is 1. The van der Waals surface area contributed by atoms with E-state index >= 15 is 0 Å². The van der Waals surface area contributed by atoms with Crippen LogP contribution in [0.2, 0.25) is 5.02 Å². The molecule has 1 aromatic carbocycles. The van der Waals surface area contributed by atoms with Crippen LogP contribution < -0.4 is 5.32 Å². The largest absolute Gasteiger partial charge is 0.463 e. The van der Waals surface area contributed by atoms with E-state index < -0.39 is 12.0 Å². The van der Waals surface area contributed by atoms with Crippen LogP contribution in [0.25, 0.3) is 0 Å². The highest BCUT2D eigenvalue weighted by Gasteiger charge is 2.22. The molecule has 28 heavy (non-hydrogen) atoms. The summed E-state index contributed by atoms with van der Waals surface area (Å²) in [5, 5.41) is 3.27. The Morgan fingerprint density at radius 2 is 1.82 bits per heavy atom. The summed E-state index contributed by atoms with van der Waals surface area (Å²) in [4.78, 5) is 38.4. The molecule has 0 fully saturated rings. The fourth-order valence-electron chi connectivity index (χ4n) is 2.68. The number of carbonyl (C=O) groups excluding carboxylic acids is 3. The van der Waals surface area contributed by atoms with E-state index in [1.807, 2.05) is 13.0 Å². The fraction of sp³-hybridized carbons (Fsp3) is 0.381. The van der Waals surface area contributed by atoms with Crippen LogP contribution in [-0.4, -0.2) is 23.8 Å². The van der Waals surface area contributed by atoms with E-state index in [1.165, 1.54) is 11.3 Å². The summed E-state index contributed by atoms with van der Waals surface area (Å²) in [7, 11) is 0. The van der Waals surface area contributed by atoms with Gasteiger partial charge in [0, 0.05) is 22.7 Å². The number of ketones is 1. The SMILES string of the molecule is Cc1ccc(C(=O)CCC(=O)NC(CC(=O)OC(C)C)c2ccccc2Cl)s1. The second kappa shape index (κ2) is 10.4. The van der Waals surface area contributed by atoms with Crippen LogP contribution in [0.3, 0.4) is 0 Å². The van der Waals surface area contributed by atoms with E-state index in [1.54, 1.807) is 44.2 Å². The number of nitrogens with one attached hydrogen (secondary N) is 1. The Balaban J connectivity index is 2.02. The molecule has 0 aliphatic rings. The molecule has 0 aliphatic carbocycles. The Bertz CT molecular complexity index is 846. The minimum atomic E-state index is -0.619. The lowest BCUT2D eigenvalue weighted by Crippen LogP contribution is -2.31. The maximum Gasteiger partial charge on any atom is 0.308 e. The molecule has 0 saturated heterocycles. The first-order valence-electron chi connectivity index (χ1n) is 9.09. The number of Topliss-reactive ketones (excluding diaryl/α,β-unsaturated/α-hetero) is 1. The summed E-state index contributed by atoms with van der Waals surface area (Å²) in [5.74, 6) is -0.809. The molecule has 2 aromatic rings. The molecule has 5 nitrogen and oxygen atoms in total. The van der Waals surface area contributed by atoms with Gasteiger partial charge in [0.1, 0.15) is 0 Å². The number of carbonyl (C=O) groups is 3. The van der Waals surface area contributed by atoms with Crippen molar-refractivity contribution < 1.29 is 19.1 Å². The lowest BCUT2D eigenvalue weighted by molar-refractivity contribution is -0.148. The molecule has 1 N–H and O–H groups in total. The van der Waals surface area contributed by atoms with Gasteiger partial charge in [-0.25, -0.2) is 0 Å². The van der Waals surface area contributed by atoms with Crippen molar-refractivity contribution in [3.8, 4) is 0 Å². The Morgan fingerprint density at radius 1 is 1.11 bits per heavy atom. The summed E-state index contributed by atoms with van der Waals surface area (Å²) in [6.45, 7) is 5.45. The van der Waals surface area contributed by atoms with Crippen LogP contribution in [0.5, 0.6) is 0 Å². The van der Waals surface area contributed by atoms with Gasteiger partial charge in [0.2, 0.25) is 5.91 Å². The number of aryl methyl sites for hydroxylation is 1. The van der Waals surface area contributed by atoms with Crippen molar-refractivity contribution in [1.82, 2.24) is 5.32 Å². The molecular formula is C21H24ClNO4S. The van der Waals surface area contributed by atoms with Crippen LogP contribution in [-0.2, 0) is 14.3 Å². The molecule has 1 heterocycles. The zero-order valence-electron chi connectivity index (χ0n) is 16.2. The molecule has 2 rings (SSSR count). The zero-order chi connectivity index (χ0) is 20.7. The van der Waals surface area contributed by atoms with Gasteiger partial charge in [-0.15, -0.1) is 11.3 Å². The third-order valence-corrected chi connectivity index (χ3v) is 5.33. The molecule has 150 valence electrons. The molecule has 1 amide bonds. The van der Waals surface area contributed by atoms with E-state index in [0.717, 1.165) is 4.88 Å². The van der Waals surface area contributed by atoms with Crippen LogP contribution in [0.1, 0.15) is 59.3 Å². The highest BCUT2D eigenvalue weighted by molar-refractivity contribution is 7.14. The van der Waals surface area contributed by atoms with Crippen molar-refractivity contribution in [1.29, 1.82) is 0 Å². The van der Waals surface area contributed by atoms with Crippen molar-refractivity contribution in [3.63, 3.8) is 0 Å². The van der Waals surface area contributed by atoms with Gasteiger partial charge in [0.25, 0.3) is 0 Å². The van der Waals surface area contributed by atoms with Gasteiger partial charge in [-0.3, -0.25) is 14.4 Å². The molecule has 0 aliphatic heterocycles. The van der Waals surface area contributed by atoms with Crippen LogP contribution in [0.15, 0.2) is 36.4 Å². The normalized spacial score (nSPS) is 11.9. The first kappa shape index (κ1) is 22.1. The highest BCUT2D eigenvalue weighted by Crippen LogP contribution is 2.26. The predicted octanol–water partition coefficient (Wildman–Crippen LogP) is 4.87. The van der Waals surface area contributed by atoms with Crippen molar-refractivity contribution in [2.45, 2.75) is 52.2 Å². The van der Waals surface area contributed by atoms with E-state index in [0.29, 0.717) is 15.5 Å². The highest BCUT2D eigenvalue weighted by atomic mass is 35.5. The third kappa shape index (κ3) is 6.77. The van der Waals surface area contributed by atoms with Crippen molar-refractivity contribution in [2.24, 2.45) is 0 Å². The van der Waals surface area contributed by atoms with Gasteiger partial charge in [-0.2, -0.15) is 0 Å². The summed E-state index contributed by atoms with van der Waals surface area (Å²) in [6, 6.07) is 10.1. The second-order valence-electron chi connectivity index (χ2n) is 6.72. The maximum atomic E-state index is 12.4. The van der Waals surface area contributed by atoms with Gasteiger partial charge in [-0.1, -0.05) is 29.8 Å². The summed E-state index contributed by atoms with van der Waals surface area (Å²) in [6.07, 6.45) is -0.138. The number of thiophene rings is 1. The quantitative estimate of drug-likeness (QED) is 0.463. The lowest BCUT2D eigenvalue weighted by Gasteiger charge is -2.20. The van der Waals surface area contributed by atoms with E-state index in [4.69, 9.17) is 16.3 Å². The molecule has 1 atom stereocenters. The number of amides is 1. The zero-order valence-corrected chi connectivity index (χ0v) is 17.7. The van der Waals surface area contributed by atoms with Crippen LogP contribution >= 0.6 is 22.9 Å². The molecular weight excluding hydrogens is 398 g/mol. The molecule has 0 radical (unpaired) electrons. The van der Waals surface area contributed by atoms with Crippen LogP contribution in [0.4, 0.5) is 0 Å². The number of halogens is 1. The monoisotopic (exact) mass is 421 g/mol. The average molecular weight is 422 g/mol. The summed E-state index contributed by atoms with van der Waals surface area (Å²) < 4.78 is 5.20. The van der Waals surface area contributed by atoms with Crippen molar-refractivity contribution in [2.75, 3.05) is 0 Å². The van der Waals surface area contributed by atoms with Gasteiger partial charge >= 0.3 is 5.97 Å². The summed E-state index contributed by atoms with van der Waals surface area (Å²) >= 11 is 7.66. The van der Waals surface area contributed by atoms with E-state index in [-0.39, 0.29) is 37.1 Å². The van der Waals surface area contributed by atoms with Gasteiger partial charge in [0.05, 0.1) is 23.4 Å². The minimum Gasteiger partial charge on any atom is -0.463 e. The Kier molecular flexibility index (Phi) is 8.20. The van der Waals surface area contributed by atoms with Crippen molar-refractivity contribution >= 4 is 40.6 Å². The topological polar surface area (TPSA) is 72.5 Å². The smallest absolute Gasteiger partial charge is 0.308 e. The number of hydrogen-bond donors (Lipinski definition) is 1. The Morgan fingerprint density at radius 3 is 2.43 bits per heavy atom. The van der Waals surface area contributed by atoms with Gasteiger partial charge in [0.15, 0.2) is 5.78 Å². The predicted molar refractivity (Wildman–Crippen MR) is 111 cm³/mol. The second-order valence-corrected chi connectivity index (χ2v) is 8.41. The van der Waals surface area contributed by atoms with Crippen LogP contribution in [0, 0.1) is 6.92 Å². The molecule has 0 spiro atoms. The maximum absolute atomic E-state index is 12.4. The third-order valence-electron chi connectivity index (χ3n) is 3.95. The first-order valence-corrected chi connectivity index (χ1v) is 10.3.